The summed E-state index contributed by atoms with van der Waals surface area (Å²) in [5.41, 5.74) is -0.380. The fraction of sp³-hybridized carbons (Fsp3) is 0.294. The molecule has 4 nitrogen and oxygen atoms in total. The Balaban J connectivity index is 0.000000379. The minimum atomic E-state index is -3.67. The van der Waals surface area contributed by atoms with Gasteiger partial charge in [0.1, 0.15) is 0 Å². The van der Waals surface area contributed by atoms with Gasteiger partial charge in [0, 0.05) is 0 Å². The molecule has 0 unspecified atom stereocenters. The van der Waals surface area contributed by atoms with Crippen LogP contribution in [0.2, 0.25) is 0 Å². The third-order valence-electron chi connectivity index (χ3n) is 2.76. The lowest BCUT2D eigenvalue weighted by Gasteiger charge is -1.98. The Morgan fingerprint density at radius 1 is 0.833 bits per heavy atom. The van der Waals surface area contributed by atoms with Crippen molar-refractivity contribution in [2.45, 2.75) is 32.4 Å². The summed E-state index contributed by atoms with van der Waals surface area (Å²) in [6.45, 7) is -3.67. The van der Waals surface area contributed by atoms with Crippen LogP contribution in [0.5, 0.6) is 0 Å². The Morgan fingerprint density at radius 3 is 1.46 bits per heavy atom. The van der Waals surface area contributed by atoms with Gasteiger partial charge in [0.2, 0.25) is 0 Å². The molecule has 24 heavy (non-hydrogen) atoms. The average Bonchev–Trinajstić information content (AvgIpc) is 2.46. The maximum Gasteiger partial charge on any atom is 0.379 e. The molecule has 2 rings (SSSR count). The summed E-state index contributed by atoms with van der Waals surface area (Å²) >= 11 is 0. The van der Waals surface area contributed by atoms with Crippen LogP contribution < -0.4 is 0 Å². The molecule has 0 fully saturated rings. The van der Waals surface area contributed by atoms with Crippen molar-refractivity contribution in [1.82, 2.24) is 0 Å². The normalized spacial score (nSPS) is 12.8. The highest BCUT2D eigenvalue weighted by Gasteiger charge is 2.13. The molecule has 0 bridgehead atoms. The van der Waals surface area contributed by atoms with Crippen molar-refractivity contribution in [3.05, 3.63) is 59.7 Å². The maximum atomic E-state index is 10.5. The smallest absolute Gasteiger partial charge is 0.379 e. The Hall–Kier alpha value is -2.57. The number of alkyl halides is 3. The molecular weight excluding hydrogens is 325 g/mol. The molecule has 0 atom stereocenters. The largest absolute Gasteiger partial charge is 0.478 e. The van der Waals surface area contributed by atoms with Crippen LogP contribution >= 0.6 is 0 Å². The fourth-order valence-corrected chi connectivity index (χ4v) is 1.73. The summed E-state index contributed by atoms with van der Waals surface area (Å²) in [7, 11) is 0. The van der Waals surface area contributed by atoms with Gasteiger partial charge in [-0.2, -0.15) is 13.2 Å². The van der Waals surface area contributed by atoms with Crippen molar-refractivity contribution in [2.24, 2.45) is 0 Å². The van der Waals surface area contributed by atoms with Crippen LogP contribution in [0.25, 0.3) is 0 Å². The van der Waals surface area contributed by atoms with Gasteiger partial charge in [0.15, 0.2) is 0 Å². The SMILES string of the molecule is C1=CCCCCC=C1.FC(F)F.O=C(O)c1ccccc1C(=O)O. The van der Waals surface area contributed by atoms with Crippen molar-refractivity contribution < 1.29 is 33.0 Å². The number of rotatable bonds is 2. The number of carboxylic acids is 2. The zero-order valence-electron chi connectivity index (χ0n) is 12.9. The molecule has 1 aromatic rings. The molecule has 0 amide bonds. The highest BCUT2D eigenvalue weighted by atomic mass is 19.4. The second kappa shape index (κ2) is 12.9. The van der Waals surface area contributed by atoms with Crippen LogP contribution in [0.1, 0.15) is 46.4 Å². The number of carboxylic acid groups (broad SMARTS) is 2. The summed E-state index contributed by atoms with van der Waals surface area (Å²) in [5, 5.41) is 17.1. The highest BCUT2D eigenvalue weighted by molar-refractivity contribution is 6.01. The predicted molar refractivity (Wildman–Crippen MR) is 84.2 cm³/mol. The van der Waals surface area contributed by atoms with E-state index in [0.29, 0.717) is 0 Å². The molecule has 0 aromatic heterocycles. The lowest BCUT2D eigenvalue weighted by atomic mass is 10.1. The molecule has 2 N–H and O–H groups in total. The lowest BCUT2D eigenvalue weighted by Crippen LogP contribution is -2.06. The minimum Gasteiger partial charge on any atom is -0.478 e. The maximum absolute atomic E-state index is 10.5. The molecule has 0 spiro atoms. The summed E-state index contributed by atoms with van der Waals surface area (Å²) in [4.78, 5) is 20.9. The third kappa shape index (κ3) is 11.1. The van der Waals surface area contributed by atoms with Gasteiger partial charge in [-0.3, -0.25) is 0 Å². The van der Waals surface area contributed by atoms with E-state index in [2.05, 4.69) is 24.3 Å². The molecule has 0 aliphatic heterocycles. The first-order valence-electron chi connectivity index (χ1n) is 7.15. The molecule has 0 radical (unpaired) electrons. The molecule has 0 saturated carbocycles. The van der Waals surface area contributed by atoms with E-state index >= 15 is 0 Å². The number of aromatic carboxylic acids is 2. The van der Waals surface area contributed by atoms with Gasteiger partial charge >= 0.3 is 18.6 Å². The molecule has 1 aliphatic rings. The second-order valence-electron chi connectivity index (χ2n) is 4.54. The van der Waals surface area contributed by atoms with Crippen molar-refractivity contribution in [2.75, 3.05) is 0 Å². The number of benzene rings is 1. The lowest BCUT2D eigenvalue weighted by molar-refractivity contribution is 0.00816. The zero-order valence-corrected chi connectivity index (χ0v) is 12.9. The van der Waals surface area contributed by atoms with Crippen LogP contribution in [0.4, 0.5) is 13.2 Å². The molecule has 0 heterocycles. The molecule has 1 aliphatic carbocycles. The van der Waals surface area contributed by atoms with E-state index in [1.807, 2.05) is 0 Å². The van der Waals surface area contributed by atoms with Crippen LogP contribution in [-0.2, 0) is 0 Å². The van der Waals surface area contributed by atoms with Gasteiger partial charge in [0.25, 0.3) is 0 Å². The van der Waals surface area contributed by atoms with Gasteiger partial charge in [-0.05, 0) is 37.8 Å². The van der Waals surface area contributed by atoms with Crippen LogP contribution in [0.3, 0.4) is 0 Å². The number of allylic oxidation sites excluding steroid dienone is 4. The zero-order chi connectivity index (χ0) is 18.4. The molecular formula is C17H19F3O4. The van der Waals surface area contributed by atoms with E-state index in [9.17, 15) is 22.8 Å². The van der Waals surface area contributed by atoms with Gasteiger partial charge in [-0.15, -0.1) is 0 Å². The summed E-state index contributed by atoms with van der Waals surface area (Å²) < 4.78 is 29.0. The van der Waals surface area contributed by atoms with E-state index in [1.54, 1.807) is 0 Å². The van der Waals surface area contributed by atoms with E-state index in [-0.39, 0.29) is 11.1 Å². The summed E-state index contributed by atoms with van der Waals surface area (Å²) in [6.07, 6.45) is 14.0. The highest BCUT2D eigenvalue weighted by Crippen LogP contribution is 2.08. The van der Waals surface area contributed by atoms with E-state index < -0.39 is 18.6 Å². The predicted octanol–water partition coefficient (Wildman–Crippen LogP) is 4.93. The van der Waals surface area contributed by atoms with Crippen LogP contribution in [-0.4, -0.2) is 28.8 Å². The molecule has 1 aromatic carbocycles. The Kier molecular flexibility index (Phi) is 11.5. The number of halogens is 3. The van der Waals surface area contributed by atoms with E-state index in [1.165, 1.54) is 49.9 Å². The number of carbonyl (C=O) groups is 2. The van der Waals surface area contributed by atoms with Gasteiger partial charge < -0.3 is 10.2 Å². The van der Waals surface area contributed by atoms with Crippen molar-refractivity contribution in [3.63, 3.8) is 0 Å². The van der Waals surface area contributed by atoms with E-state index in [0.717, 1.165) is 0 Å². The minimum absolute atomic E-state index is 0.190. The first-order valence-corrected chi connectivity index (χ1v) is 7.15. The molecule has 132 valence electrons. The van der Waals surface area contributed by atoms with Crippen molar-refractivity contribution >= 4 is 11.9 Å². The van der Waals surface area contributed by atoms with Crippen molar-refractivity contribution in [3.8, 4) is 0 Å². The first-order chi connectivity index (χ1) is 11.4. The first kappa shape index (κ1) is 21.4. The van der Waals surface area contributed by atoms with Crippen LogP contribution in [0, 0.1) is 0 Å². The Bertz CT molecular complexity index is 519. The van der Waals surface area contributed by atoms with Gasteiger partial charge in [0.05, 0.1) is 11.1 Å². The Labute approximate surface area is 137 Å². The van der Waals surface area contributed by atoms with Crippen molar-refractivity contribution in [1.29, 1.82) is 0 Å². The van der Waals surface area contributed by atoms with E-state index in [4.69, 9.17) is 10.2 Å². The molecule has 7 heteroatoms. The number of hydrogen-bond acceptors (Lipinski definition) is 2. The topological polar surface area (TPSA) is 74.6 Å². The summed E-state index contributed by atoms with van der Waals surface area (Å²) in [6, 6.07) is 5.48. The molecule has 0 saturated heterocycles. The second-order valence-corrected chi connectivity index (χ2v) is 4.54. The van der Waals surface area contributed by atoms with Crippen LogP contribution in [0.15, 0.2) is 48.6 Å². The average molecular weight is 344 g/mol. The standard InChI is InChI=1S/C8H6O4.C8H12.CHF3/c9-7(10)5-3-1-2-4-6(5)8(11)12;1-2-4-6-8-7-5-3-1;2-1(3)4/h1-4H,(H,9,10)(H,11,12);1-4H,5-8H2;1H. The quantitative estimate of drug-likeness (QED) is 0.797. The monoisotopic (exact) mass is 344 g/mol. The van der Waals surface area contributed by atoms with Gasteiger partial charge in [-0.1, -0.05) is 36.4 Å². The number of hydrogen-bond donors (Lipinski definition) is 2. The third-order valence-corrected chi connectivity index (χ3v) is 2.76. The Morgan fingerprint density at radius 2 is 1.17 bits per heavy atom. The van der Waals surface area contributed by atoms with Gasteiger partial charge in [-0.25, -0.2) is 9.59 Å². The summed E-state index contributed by atoms with van der Waals surface area (Å²) in [5.74, 6) is -2.46. The fourth-order valence-electron chi connectivity index (χ4n) is 1.73.